The van der Waals surface area contributed by atoms with Crippen molar-refractivity contribution in [2.24, 2.45) is 5.41 Å². The van der Waals surface area contributed by atoms with Crippen LogP contribution in [0.4, 0.5) is 4.79 Å². The third-order valence-electron chi connectivity index (χ3n) is 5.99. The third-order valence-corrected chi connectivity index (χ3v) is 5.99. The van der Waals surface area contributed by atoms with Crippen molar-refractivity contribution in [3.63, 3.8) is 0 Å². The summed E-state index contributed by atoms with van der Waals surface area (Å²) in [6.45, 7) is 4.78. The summed E-state index contributed by atoms with van der Waals surface area (Å²) in [4.78, 5) is 43.3. The van der Waals surface area contributed by atoms with Gasteiger partial charge in [-0.25, -0.2) is 4.79 Å². The van der Waals surface area contributed by atoms with E-state index in [-0.39, 0.29) is 17.8 Å². The number of hydrogen-bond donors (Lipinski definition) is 3. The van der Waals surface area contributed by atoms with Gasteiger partial charge in [-0.3, -0.25) is 9.59 Å². The molecule has 0 aliphatic carbocycles. The lowest BCUT2D eigenvalue weighted by Crippen LogP contribution is -2.55. The normalized spacial score (nSPS) is 18.9. The number of hydrogen-bond acceptors (Lipinski definition) is 6. The Kier molecular flexibility index (Phi) is 9.06. The number of ketones is 1. The second-order valence-electron chi connectivity index (χ2n) is 10.1. The van der Waals surface area contributed by atoms with Gasteiger partial charge < -0.3 is 30.0 Å². The van der Waals surface area contributed by atoms with Crippen LogP contribution in [-0.2, 0) is 20.7 Å². The maximum absolute atomic E-state index is 13.4. The monoisotopic (exact) mass is 484 g/mol. The molecule has 2 unspecified atom stereocenters. The number of ether oxygens (including phenoxy) is 2. The Hall–Kier alpha value is -3.17. The SMILES string of the molecule is CN(C)CCC1OCC(=O)C1NC(=O)[C@H](CC(C)(C)Cc1ccccc1)NC(=O)Oc1cc[nH]c1. The van der Waals surface area contributed by atoms with E-state index in [0.29, 0.717) is 25.0 Å². The maximum atomic E-state index is 13.4. The van der Waals surface area contributed by atoms with E-state index in [0.717, 1.165) is 12.1 Å². The lowest BCUT2D eigenvalue weighted by atomic mass is 9.80. The molecule has 1 aliphatic heterocycles. The molecule has 1 saturated heterocycles. The molecular weight excluding hydrogens is 448 g/mol. The van der Waals surface area contributed by atoms with Crippen LogP contribution in [0.2, 0.25) is 0 Å². The average molecular weight is 485 g/mol. The summed E-state index contributed by atoms with van der Waals surface area (Å²) in [5.74, 6) is -0.261. The first-order valence-electron chi connectivity index (χ1n) is 11.9. The van der Waals surface area contributed by atoms with Crippen LogP contribution >= 0.6 is 0 Å². The minimum Gasteiger partial charge on any atom is -0.409 e. The number of carbonyl (C=O) groups excluding carboxylic acids is 3. The molecule has 0 spiro atoms. The van der Waals surface area contributed by atoms with E-state index in [1.807, 2.05) is 63.2 Å². The van der Waals surface area contributed by atoms with Crippen molar-refractivity contribution in [3.05, 3.63) is 54.4 Å². The Morgan fingerprint density at radius 2 is 1.97 bits per heavy atom. The largest absolute Gasteiger partial charge is 0.413 e. The highest BCUT2D eigenvalue weighted by Crippen LogP contribution is 2.28. The molecule has 1 aromatic heterocycles. The summed E-state index contributed by atoms with van der Waals surface area (Å²) in [7, 11) is 3.88. The van der Waals surface area contributed by atoms with Crippen LogP contribution in [0.25, 0.3) is 0 Å². The van der Waals surface area contributed by atoms with Crippen molar-refractivity contribution in [1.29, 1.82) is 0 Å². The van der Waals surface area contributed by atoms with Gasteiger partial charge in [0.15, 0.2) is 5.78 Å². The number of carbonyl (C=O) groups is 3. The fourth-order valence-electron chi connectivity index (χ4n) is 4.28. The van der Waals surface area contributed by atoms with Crippen molar-refractivity contribution in [3.8, 4) is 5.75 Å². The molecule has 3 N–H and O–H groups in total. The van der Waals surface area contributed by atoms with Gasteiger partial charge in [-0.05, 0) is 50.4 Å². The molecule has 35 heavy (non-hydrogen) atoms. The van der Waals surface area contributed by atoms with Crippen molar-refractivity contribution >= 4 is 17.8 Å². The zero-order chi connectivity index (χ0) is 25.4. The summed E-state index contributed by atoms with van der Waals surface area (Å²) in [5.41, 5.74) is 0.806. The highest BCUT2D eigenvalue weighted by molar-refractivity contribution is 5.94. The van der Waals surface area contributed by atoms with Crippen molar-refractivity contribution in [2.75, 3.05) is 27.2 Å². The highest BCUT2D eigenvalue weighted by Gasteiger charge is 2.39. The standard InChI is InChI=1S/C26H36N4O5/c1-26(2,14-18-8-6-5-7-9-18)15-20(28-25(33)35-19-10-12-27-16-19)24(32)29-23-21(31)17-34-22(23)11-13-30(3)4/h5-10,12,16,20,22-23,27H,11,13-15,17H2,1-4H3,(H,28,33)(H,29,32)/t20-,22?,23?/m0/s1. The quantitative estimate of drug-likeness (QED) is 0.452. The molecule has 0 bridgehead atoms. The Labute approximate surface area is 206 Å². The Morgan fingerprint density at radius 3 is 2.63 bits per heavy atom. The lowest BCUT2D eigenvalue weighted by molar-refractivity contribution is -0.128. The number of aromatic amines is 1. The van der Waals surface area contributed by atoms with Gasteiger partial charge in [-0.15, -0.1) is 0 Å². The average Bonchev–Trinajstić information content (AvgIpc) is 3.42. The molecular formula is C26H36N4O5. The molecule has 1 aliphatic rings. The summed E-state index contributed by atoms with van der Waals surface area (Å²) in [6, 6.07) is 9.94. The van der Waals surface area contributed by atoms with Gasteiger partial charge in [-0.1, -0.05) is 44.2 Å². The van der Waals surface area contributed by atoms with E-state index in [1.165, 1.54) is 6.20 Å². The molecule has 1 fully saturated rings. The summed E-state index contributed by atoms with van der Waals surface area (Å²) >= 11 is 0. The van der Waals surface area contributed by atoms with Crippen LogP contribution in [0, 0.1) is 5.41 Å². The first-order valence-corrected chi connectivity index (χ1v) is 11.9. The van der Waals surface area contributed by atoms with Crippen LogP contribution in [-0.4, -0.2) is 73.1 Å². The minimum atomic E-state index is -0.900. The van der Waals surface area contributed by atoms with Crippen LogP contribution in [0.1, 0.15) is 32.3 Å². The number of rotatable bonds is 11. The molecule has 1 aromatic carbocycles. The molecule has 3 rings (SSSR count). The number of nitrogens with zero attached hydrogens (tertiary/aromatic N) is 1. The predicted octanol–water partition coefficient (Wildman–Crippen LogP) is 2.54. The third kappa shape index (κ3) is 8.22. The Morgan fingerprint density at radius 1 is 1.23 bits per heavy atom. The predicted molar refractivity (Wildman–Crippen MR) is 132 cm³/mol. The Balaban J connectivity index is 1.72. The molecule has 9 nitrogen and oxygen atoms in total. The van der Waals surface area contributed by atoms with Crippen molar-refractivity contribution in [2.45, 2.75) is 51.3 Å². The van der Waals surface area contributed by atoms with Gasteiger partial charge in [0.25, 0.3) is 0 Å². The summed E-state index contributed by atoms with van der Waals surface area (Å²) in [5, 5.41) is 5.55. The van der Waals surface area contributed by atoms with Gasteiger partial charge in [0.05, 0.1) is 6.10 Å². The lowest BCUT2D eigenvalue weighted by Gasteiger charge is -2.30. The second kappa shape index (κ2) is 12.0. The zero-order valence-corrected chi connectivity index (χ0v) is 20.9. The first-order chi connectivity index (χ1) is 16.6. The number of amides is 2. The van der Waals surface area contributed by atoms with Crippen LogP contribution in [0.5, 0.6) is 5.75 Å². The minimum absolute atomic E-state index is 0.0316. The molecule has 3 atom stereocenters. The van der Waals surface area contributed by atoms with E-state index in [2.05, 4.69) is 15.6 Å². The zero-order valence-electron chi connectivity index (χ0n) is 20.9. The van der Waals surface area contributed by atoms with E-state index in [4.69, 9.17) is 9.47 Å². The van der Waals surface area contributed by atoms with E-state index in [1.54, 1.807) is 12.3 Å². The molecule has 2 aromatic rings. The van der Waals surface area contributed by atoms with Gasteiger partial charge in [-0.2, -0.15) is 0 Å². The molecule has 0 saturated carbocycles. The highest BCUT2D eigenvalue weighted by atomic mass is 16.6. The maximum Gasteiger partial charge on any atom is 0.413 e. The topological polar surface area (TPSA) is 113 Å². The van der Waals surface area contributed by atoms with Crippen molar-refractivity contribution in [1.82, 2.24) is 20.5 Å². The fourth-order valence-corrected chi connectivity index (χ4v) is 4.28. The van der Waals surface area contributed by atoms with E-state index in [9.17, 15) is 14.4 Å². The van der Waals surface area contributed by atoms with Gasteiger partial charge >= 0.3 is 6.09 Å². The van der Waals surface area contributed by atoms with Gasteiger partial charge in [0.1, 0.15) is 24.4 Å². The number of benzene rings is 1. The molecule has 2 amide bonds. The molecule has 0 radical (unpaired) electrons. The fraction of sp³-hybridized carbons (Fsp3) is 0.500. The van der Waals surface area contributed by atoms with Crippen LogP contribution in [0.15, 0.2) is 48.8 Å². The second-order valence-corrected chi connectivity index (χ2v) is 10.1. The summed E-state index contributed by atoms with van der Waals surface area (Å²) in [6.07, 6.45) is 3.70. The molecule has 9 heteroatoms. The van der Waals surface area contributed by atoms with E-state index < -0.39 is 30.2 Å². The summed E-state index contributed by atoms with van der Waals surface area (Å²) < 4.78 is 10.9. The van der Waals surface area contributed by atoms with Crippen molar-refractivity contribution < 1.29 is 23.9 Å². The molecule has 2 heterocycles. The van der Waals surface area contributed by atoms with Gasteiger partial charge in [0.2, 0.25) is 5.91 Å². The van der Waals surface area contributed by atoms with Gasteiger partial charge in [0, 0.05) is 18.9 Å². The number of nitrogens with one attached hydrogen (secondary N) is 3. The Bertz CT molecular complexity index is 975. The number of H-pyrrole nitrogens is 1. The van der Waals surface area contributed by atoms with E-state index >= 15 is 0 Å². The number of Topliss-reactive ketones (excluding diaryl/α,β-unsaturated/α-hetero) is 1. The number of aromatic nitrogens is 1. The smallest absolute Gasteiger partial charge is 0.409 e. The first kappa shape index (κ1) is 26.4. The van der Waals surface area contributed by atoms with Crippen LogP contribution < -0.4 is 15.4 Å². The molecule has 190 valence electrons. The van der Waals surface area contributed by atoms with Crippen LogP contribution in [0.3, 0.4) is 0 Å².